The number of rotatable bonds is 4. The maximum absolute atomic E-state index is 12.9. The second-order valence-electron chi connectivity index (χ2n) is 5.91. The standard InChI is InChI=1S/C19H12F6N2O2/c20-18(21,22)17(19(23,24)25)29-14-9-4-6-11-5-3-8-12(15(11)14)27-16(28)13-7-1-2-10-26-13/h1-10,17H,(H,27,28). The van der Waals surface area contributed by atoms with Crippen LogP contribution in [0.25, 0.3) is 10.8 Å². The number of hydrogen-bond acceptors (Lipinski definition) is 3. The third kappa shape index (κ3) is 4.58. The van der Waals surface area contributed by atoms with E-state index in [1.807, 2.05) is 0 Å². The van der Waals surface area contributed by atoms with Gasteiger partial charge in [-0.25, -0.2) is 0 Å². The molecule has 0 fully saturated rings. The Hall–Kier alpha value is -3.30. The normalized spacial score (nSPS) is 12.2. The van der Waals surface area contributed by atoms with Gasteiger partial charge in [0.05, 0.1) is 5.69 Å². The molecule has 0 radical (unpaired) electrons. The minimum atomic E-state index is -5.67. The Bertz CT molecular complexity index is 999. The van der Waals surface area contributed by atoms with Gasteiger partial charge in [0, 0.05) is 11.6 Å². The summed E-state index contributed by atoms with van der Waals surface area (Å²) in [5.74, 6) is -1.35. The third-order valence-electron chi connectivity index (χ3n) is 3.85. The van der Waals surface area contributed by atoms with Gasteiger partial charge in [-0.05, 0) is 29.7 Å². The average Bonchev–Trinajstić information content (AvgIpc) is 2.65. The summed E-state index contributed by atoms with van der Waals surface area (Å²) in [4.78, 5) is 16.2. The molecule has 1 amide bonds. The van der Waals surface area contributed by atoms with E-state index in [4.69, 9.17) is 0 Å². The Morgan fingerprint density at radius 2 is 1.55 bits per heavy atom. The number of hydrogen-bond donors (Lipinski definition) is 1. The van der Waals surface area contributed by atoms with Crippen LogP contribution >= 0.6 is 0 Å². The van der Waals surface area contributed by atoms with Crippen LogP contribution in [0.1, 0.15) is 10.5 Å². The first-order valence-electron chi connectivity index (χ1n) is 8.11. The van der Waals surface area contributed by atoms with Crippen molar-refractivity contribution in [3.8, 4) is 5.75 Å². The number of nitrogens with zero attached hydrogens (tertiary/aromatic N) is 1. The Kier molecular flexibility index (Phi) is 5.36. The van der Waals surface area contributed by atoms with E-state index in [2.05, 4.69) is 15.0 Å². The number of carbonyl (C=O) groups excluding carboxylic acids is 1. The summed E-state index contributed by atoms with van der Waals surface area (Å²) in [5.41, 5.74) is 0.00298. The summed E-state index contributed by atoms with van der Waals surface area (Å²) in [7, 11) is 0. The number of alkyl halides is 6. The molecule has 0 aliphatic rings. The third-order valence-corrected chi connectivity index (χ3v) is 3.85. The second-order valence-corrected chi connectivity index (χ2v) is 5.91. The van der Waals surface area contributed by atoms with Gasteiger partial charge in [-0.3, -0.25) is 9.78 Å². The number of ether oxygens (including phenoxy) is 1. The quantitative estimate of drug-likeness (QED) is 0.585. The predicted octanol–water partition coefficient (Wildman–Crippen LogP) is 5.36. The van der Waals surface area contributed by atoms with Crippen LogP contribution in [0.3, 0.4) is 0 Å². The zero-order chi connectivity index (χ0) is 21.2. The molecule has 0 aliphatic heterocycles. The van der Waals surface area contributed by atoms with Crippen LogP contribution in [0.15, 0.2) is 60.8 Å². The summed E-state index contributed by atoms with van der Waals surface area (Å²) >= 11 is 0. The van der Waals surface area contributed by atoms with Crippen molar-refractivity contribution in [3.63, 3.8) is 0 Å². The van der Waals surface area contributed by atoms with E-state index in [0.717, 1.165) is 6.07 Å². The maximum Gasteiger partial charge on any atom is 0.434 e. The van der Waals surface area contributed by atoms with Gasteiger partial charge < -0.3 is 10.1 Å². The van der Waals surface area contributed by atoms with Crippen LogP contribution in [0.4, 0.5) is 32.0 Å². The molecule has 3 aromatic rings. The maximum atomic E-state index is 12.9. The molecular formula is C19H12F6N2O2. The molecular weight excluding hydrogens is 402 g/mol. The molecule has 10 heteroatoms. The fraction of sp³-hybridized carbons (Fsp3) is 0.158. The number of nitrogens with one attached hydrogen (secondary N) is 1. The van der Waals surface area contributed by atoms with Crippen LogP contribution in [0.2, 0.25) is 0 Å². The predicted molar refractivity (Wildman–Crippen MR) is 92.7 cm³/mol. The lowest BCUT2D eigenvalue weighted by atomic mass is 10.1. The molecule has 1 heterocycles. The van der Waals surface area contributed by atoms with Crippen molar-refractivity contribution in [2.45, 2.75) is 18.5 Å². The molecule has 29 heavy (non-hydrogen) atoms. The largest absolute Gasteiger partial charge is 0.471 e. The fourth-order valence-electron chi connectivity index (χ4n) is 2.64. The van der Waals surface area contributed by atoms with Crippen molar-refractivity contribution < 1.29 is 35.9 Å². The fourth-order valence-corrected chi connectivity index (χ4v) is 2.64. The van der Waals surface area contributed by atoms with Crippen molar-refractivity contribution in [2.24, 2.45) is 0 Å². The summed E-state index contributed by atoms with van der Waals surface area (Å²) in [6.45, 7) is 0. The van der Waals surface area contributed by atoms with Gasteiger partial charge in [0.15, 0.2) is 0 Å². The van der Waals surface area contributed by atoms with Crippen LogP contribution in [-0.2, 0) is 0 Å². The molecule has 0 bridgehead atoms. The molecule has 0 spiro atoms. The van der Waals surface area contributed by atoms with Gasteiger partial charge in [0.2, 0.25) is 0 Å². The summed E-state index contributed by atoms with van der Waals surface area (Å²) in [5, 5.41) is 2.63. The number of pyridine rings is 1. The smallest absolute Gasteiger partial charge is 0.434 e. The van der Waals surface area contributed by atoms with E-state index in [-0.39, 0.29) is 22.2 Å². The SMILES string of the molecule is O=C(Nc1cccc2cccc(OC(C(F)(F)F)C(F)(F)F)c12)c1ccccn1. The molecule has 0 atom stereocenters. The highest BCUT2D eigenvalue weighted by molar-refractivity contribution is 6.09. The highest BCUT2D eigenvalue weighted by Crippen LogP contribution is 2.40. The van der Waals surface area contributed by atoms with Crippen LogP contribution in [-0.4, -0.2) is 29.3 Å². The number of amides is 1. The van der Waals surface area contributed by atoms with E-state index in [0.29, 0.717) is 0 Å². The zero-order valence-corrected chi connectivity index (χ0v) is 14.4. The van der Waals surface area contributed by atoms with Crippen molar-refractivity contribution >= 4 is 22.4 Å². The van der Waals surface area contributed by atoms with E-state index in [1.165, 1.54) is 42.6 Å². The molecule has 0 unspecified atom stereocenters. The highest BCUT2D eigenvalue weighted by atomic mass is 19.4. The number of aromatic nitrogens is 1. The Balaban J connectivity index is 2.04. The lowest BCUT2D eigenvalue weighted by molar-refractivity contribution is -0.299. The van der Waals surface area contributed by atoms with Crippen LogP contribution in [0, 0.1) is 0 Å². The van der Waals surface area contributed by atoms with Gasteiger partial charge in [-0.1, -0.05) is 30.3 Å². The lowest BCUT2D eigenvalue weighted by Gasteiger charge is -2.25. The Labute approximate surface area is 160 Å². The van der Waals surface area contributed by atoms with E-state index in [1.54, 1.807) is 12.1 Å². The zero-order valence-electron chi connectivity index (χ0n) is 14.4. The molecule has 4 nitrogen and oxygen atoms in total. The number of anilines is 1. The summed E-state index contributed by atoms with van der Waals surface area (Å²) in [6.07, 6.45) is -14.0. The first-order chi connectivity index (χ1) is 13.6. The van der Waals surface area contributed by atoms with Gasteiger partial charge in [0.1, 0.15) is 11.4 Å². The van der Waals surface area contributed by atoms with Gasteiger partial charge in [0.25, 0.3) is 12.0 Å². The van der Waals surface area contributed by atoms with E-state index >= 15 is 0 Å². The van der Waals surface area contributed by atoms with Gasteiger partial charge in [-0.15, -0.1) is 0 Å². The lowest BCUT2D eigenvalue weighted by Crippen LogP contribution is -2.46. The minimum Gasteiger partial charge on any atom is -0.471 e. The van der Waals surface area contributed by atoms with E-state index in [9.17, 15) is 31.1 Å². The summed E-state index contributed by atoms with van der Waals surface area (Å²) in [6, 6.07) is 12.5. The van der Waals surface area contributed by atoms with Crippen LogP contribution in [0.5, 0.6) is 5.75 Å². The van der Waals surface area contributed by atoms with E-state index < -0.39 is 30.1 Å². The van der Waals surface area contributed by atoms with Crippen LogP contribution < -0.4 is 10.1 Å². The number of carbonyl (C=O) groups is 1. The first-order valence-corrected chi connectivity index (χ1v) is 8.11. The average molecular weight is 414 g/mol. The number of benzene rings is 2. The minimum absolute atomic E-state index is 0.0168. The number of halogens is 6. The molecule has 0 aliphatic carbocycles. The van der Waals surface area contributed by atoms with Crippen molar-refractivity contribution in [1.29, 1.82) is 0 Å². The van der Waals surface area contributed by atoms with Crippen molar-refractivity contribution in [3.05, 3.63) is 66.5 Å². The van der Waals surface area contributed by atoms with Crippen molar-refractivity contribution in [1.82, 2.24) is 4.98 Å². The molecule has 1 aromatic heterocycles. The summed E-state index contributed by atoms with van der Waals surface area (Å²) < 4.78 is 81.8. The van der Waals surface area contributed by atoms with Gasteiger partial charge in [-0.2, -0.15) is 26.3 Å². The molecule has 3 rings (SSSR count). The Morgan fingerprint density at radius 1 is 0.897 bits per heavy atom. The Morgan fingerprint density at radius 3 is 2.14 bits per heavy atom. The molecule has 1 N–H and O–H groups in total. The number of fused-ring (bicyclic) bond motifs is 1. The van der Waals surface area contributed by atoms with Gasteiger partial charge >= 0.3 is 12.4 Å². The van der Waals surface area contributed by atoms with Crippen molar-refractivity contribution in [2.75, 3.05) is 5.32 Å². The molecule has 0 saturated heterocycles. The second kappa shape index (κ2) is 7.61. The molecule has 152 valence electrons. The molecule has 0 saturated carbocycles. The monoisotopic (exact) mass is 414 g/mol. The topological polar surface area (TPSA) is 51.2 Å². The molecule has 2 aromatic carbocycles. The first kappa shape index (κ1) is 20.4. The highest BCUT2D eigenvalue weighted by Gasteiger charge is 2.59.